The van der Waals surface area contributed by atoms with Gasteiger partial charge in [-0.15, -0.1) is 0 Å². The maximum Gasteiger partial charge on any atom is 0.371 e. The van der Waals surface area contributed by atoms with Crippen molar-refractivity contribution in [3.8, 4) is 0 Å². The minimum Gasteiger partial charge on any atom is -0.475 e. The summed E-state index contributed by atoms with van der Waals surface area (Å²) >= 11 is 1.93. The van der Waals surface area contributed by atoms with Crippen LogP contribution in [-0.4, -0.2) is 20.6 Å². The van der Waals surface area contributed by atoms with E-state index in [1.54, 1.807) is 6.92 Å². The summed E-state index contributed by atoms with van der Waals surface area (Å²) in [7, 11) is 0. The summed E-state index contributed by atoms with van der Waals surface area (Å²) in [6.07, 6.45) is 1.42. The fourth-order valence-electron chi connectivity index (χ4n) is 1.40. The van der Waals surface area contributed by atoms with Gasteiger partial charge in [-0.3, -0.25) is 9.36 Å². The molecule has 0 spiro atoms. The predicted octanol–water partition coefficient (Wildman–Crippen LogP) is 1.50. The van der Waals surface area contributed by atoms with E-state index in [1.807, 2.05) is 22.6 Å². The van der Waals surface area contributed by atoms with Gasteiger partial charge in [0.1, 0.15) is 5.76 Å². The summed E-state index contributed by atoms with van der Waals surface area (Å²) in [5.41, 5.74) is 0.499. The van der Waals surface area contributed by atoms with E-state index in [1.165, 1.54) is 23.0 Å². The molecular weight excluding hydrogens is 351 g/mol. The smallest absolute Gasteiger partial charge is 0.371 e. The highest BCUT2D eigenvalue weighted by Gasteiger charge is 2.11. The average molecular weight is 360 g/mol. The van der Waals surface area contributed by atoms with Crippen molar-refractivity contribution in [2.75, 3.05) is 0 Å². The minimum atomic E-state index is -1.13. The highest BCUT2D eigenvalue weighted by atomic mass is 127. The van der Waals surface area contributed by atoms with Crippen LogP contribution < -0.4 is 5.56 Å². The van der Waals surface area contributed by atoms with Gasteiger partial charge in [-0.05, 0) is 41.6 Å². The fraction of sp³-hybridized carbons (Fsp3) is 0.182. The Morgan fingerprint density at radius 1 is 1.56 bits per heavy atom. The van der Waals surface area contributed by atoms with Crippen molar-refractivity contribution in [1.29, 1.82) is 0 Å². The van der Waals surface area contributed by atoms with E-state index in [9.17, 15) is 9.59 Å². The number of carbonyl (C=O) groups is 1. The van der Waals surface area contributed by atoms with Crippen LogP contribution in [0.15, 0.2) is 27.7 Å². The van der Waals surface area contributed by atoms with E-state index >= 15 is 0 Å². The van der Waals surface area contributed by atoms with Crippen molar-refractivity contribution < 1.29 is 14.3 Å². The summed E-state index contributed by atoms with van der Waals surface area (Å²) in [4.78, 5) is 26.6. The van der Waals surface area contributed by atoms with Gasteiger partial charge in [0.2, 0.25) is 5.76 Å². The lowest BCUT2D eigenvalue weighted by Gasteiger charge is -2.04. The second-order valence-corrected chi connectivity index (χ2v) is 4.73. The molecule has 0 atom stereocenters. The first-order valence-corrected chi connectivity index (χ1v) is 6.10. The number of hydrogen-bond donors (Lipinski definition) is 1. The minimum absolute atomic E-state index is 0.146. The van der Waals surface area contributed by atoms with E-state index in [0.717, 1.165) is 0 Å². The van der Waals surface area contributed by atoms with Crippen molar-refractivity contribution in [1.82, 2.24) is 9.55 Å². The molecule has 0 saturated carbocycles. The van der Waals surface area contributed by atoms with Crippen LogP contribution in [0.4, 0.5) is 0 Å². The molecule has 6 nitrogen and oxygen atoms in total. The third kappa shape index (κ3) is 2.45. The lowest BCUT2D eigenvalue weighted by atomic mass is 10.4. The summed E-state index contributed by atoms with van der Waals surface area (Å²) in [6.45, 7) is 1.92. The molecule has 94 valence electrons. The number of carboxylic acid groups (broad SMARTS) is 1. The number of aryl methyl sites for hydroxylation is 1. The number of aromatic nitrogens is 2. The third-order valence-electron chi connectivity index (χ3n) is 2.36. The standard InChI is InChI=1S/C11H9IN2O4/c1-6-9(12)10(15)14(5-13-6)4-7-2-3-8(18-7)11(16)17/h2-3,5H,4H2,1H3,(H,16,17). The van der Waals surface area contributed by atoms with Gasteiger partial charge in [0.15, 0.2) is 0 Å². The van der Waals surface area contributed by atoms with Crippen LogP contribution >= 0.6 is 22.6 Å². The van der Waals surface area contributed by atoms with Crippen molar-refractivity contribution in [3.63, 3.8) is 0 Å². The van der Waals surface area contributed by atoms with Gasteiger partial charge in [-0.1, -0.05) is 0 Å². The van der Waals surface area contributed by atoms with Crippen LogP contribution in [-0.2, 0) is 6.54 Å². The van der Waals surface area contributed by atoms with E-state index in [-0.39, 0.29) is 17.9 Å². The lowest BCUT2D eigenvalue weighted by molar-refractivity contribution is 0.0660. The Morgan fingerprint density at radius 2 is 2.28 bits per heavy atom. The normalized spacial score (nSPS) is 10.6. The van der Waals surface area contributed by atoms with E-state index in [0.29, 0.717) is 15.0 Å². The Balaban J connectivity index is 2.31. The van der Waals surface area contributed by atoms with Gasteiger partial charge in [-0.2, -0.15) is 0 Å². The Labute approximate surface area is 115 Å². The molecule has 18 heavy (non-hydrogen) atoms. The first kappa shape index (κ1) is 12.8. The second-order valence-electron chi connectivity index (χ2n) is 3.65. The SMILES string of the molecule is Cc1ncn(Cc2ccc(C(=O)O)o2)c(=O)c1I. The van der Waals surface area contributed by atoms with Gasteiger partial charge >= 0.3 is 5.97 Å². The molecule has 7 heteroatoms. The number of hydrogen-bond acceptors (Lipinski definition) is 4. The zero-order valence-corrected chi connectivity index (χ0v) is 11.5. The Morgan fingerprint density at radius 3 is 2.89 bits per heavy atom. The first-order valence-electron chi connectivity index (χ1n) is 5.02. The number of furan rings is 1. The van der Waals surface area contributed by atoms with Crippen molar-refractivity contribution in [3.05, 3.63) is 49.6 Å². The highest BCUT2D eigenvalue weighted by Crippen LogP contribution is 2.09. The van der Waals surface area contributed by atoms with Crippen LogP contribution in [0.3, 0.4) is 0 Å². The molecule has 0 saturated heterocycles. The number of halogens is 1. The first-order chi connectivity index (χ1) is 8.49. The molecule has 2 heterocycles. The van der Waals surface area contributed by atoms with Crippen molar-refractivity contribution in [2.24, 2.45) is 0 Å². The van der Waals surface area contributed by atoms with Gasteiger partial charge in [0, 0.05) is 0 Å². The number of rotatable bonds is 3. The van der Waals surface area contributed by atoms with Gasteiger partial charge in [0.25, 0.3) is 5.56 Å². The highest BCUT2D eigenvalue weighted by molar-refractivity contribution is 14.1. The van der Waals surface area contributed by atoms with Gasteiger partial charge in [0.05, 0.1) is 22.1 Å². The van der Waals surface area contributed by atoms with Crippen LogP contribution in [0.2, 0.25) is 0 Å². The zero-order valence-electron chi connectivity index (χ0n) is 9.38. The van der Waals surface area contributed by atoms with Crippen molar-refractivity contribution >= 4 is 28.6 Å². The third-order valence-corrected chi connectivity index (χ3v) is 3.60. The Kier molecular flexibility index (Phi) is 3.50. The van der Waals surface area contributed by atoms with E-state index in [2.05, 4.69) is 4.98 Å². The molecule has 0 aliphatic rings. The van der Waals surface area contributed by atoms with Crippen molar-refractivity contribution in [2.45, 2.75) is 13.5 Å². The molecule has 2 rings (SSSR count). The molecule has 0 unspecified atom stereocenters. The van der Waals surface area contributed by atoms with Crippen LogP contribution in [0.5, 0.6) is 0 Å². The molecule has 0 aliphatic heterocycles. The number of carboxylic acids is 1. The molecule has 0 aliphatic carbocycles. The van der Waals surface area contributed by atoms with Crippen LogP contribution in [0.25, 0.3) is 0 Å². The predicted molar refractivity (Wildman–Crippen MR) is 70.7 cm³/mol. The maximum absolute atomic E-state index is 11.9. The Bertz CT molecular complexity index is 659. The molecule has 1 N–H and O–H groups in total. The fourth-order valence-corrected chi connectivity index (χ4v) is 1.85. The van der Waals surface area contributed by atoms with Gasteiger partial charge < -0.3 is 9.52 Å². The lowest BCUT2D eigenvalue weighted by Crippen LogP contribution is -2.24. The average Bonchev–Trinajstić information content (AvgIpc) is 2.79. The summed E-state index contributed by atoms with van der Waals surface area (Å²) in [5.74, 6) is -0.881. The summed E-state index contributed by atoms with van der Waals surface area (Å²) in [5, 5.41) is 8.72. The summed E-state index contributed by atoms with van der Waals surface area (Å²) < 4.78 is 7.00. The van der Waals surface area contributed by atoms with Crippen LogP contribution in [0.1, 0.15) is 22.0 Å². The molecule has 2 aromatic heterocycles. The second kappa shape index (κ2) is 4.92. The molecule has 2 aromatic rings. The zero-order chi connectivity index (χ0) is 13.3. The monoisotopic (exact) mass is 360 g/mol. The molecule has 0 amide bonds. The quantitative estimate of drug-likeness (QED) is 0.839. The summed E-state index contributed by atoms with van der Waals surface area (Å²) in [6, 6.07) is 2.89. The molecule has 0 bridgehead atoms. The molecule has 0 radical (unpaired) electrons. The molecule has 0 fully saturated rings. The van der Waals surface area contributed by atoms with Gasteiger partial charge in [-0.25, -0.2) is 9.78 Å². The molecule has 0 aromatic carbocycles. The topological polar surface area (TPSA) is 85.3 Å². The van der Waals surface area contributed by atoms with Crippen LogP contribution in [0, 0.1) is 10.5 Å². The van der Waals surface area contributed by atoms with E-state index in [4.69, 9.17) is 9.52 Å². The number of nitrogens with zero attached hydrogens (tertiary/aromatic N) is 2. The Hall–Kier alpha value is -1.64. The van der Waals surface area contributed by atoms with E-state index < -0.39 is 5.97 Å². The maximum atomic E-state index is 11.9. The molecular formula is C11H9IN2O4. The number of aromatic carboxylic acids is 1. The largest absolute Gasteiger partial charge is 0.475 e.